The molecule has 2 rings (SSSR count). The zero-order valence-electron chi connectivity index (χ0n) is 11.1. The van der Waals surface area contributed by atoms with Crippen molar-refractivity contribution < 1.29 is 0 Å². The molecule has 0 radical (unpaired) electrons. The van der Waals surface area contributed by atoms with Gasteiger partial charge in [-0.2, -0.15) is 0 Å². The van der Waals surface area contributed by atoms with E-state index in [4.69, 9.17) is 0 Å². The molecule has 1 aromatic rings. The van der Waals surface area contributed by atoms with Crippen LogP contribution >= 0.6 is 28.3 Å². The summed E-state index contributed by atoms with van der Waals surface area (Å²) in [5.74, 6) is 0. The molecule has 0 amide bonds. The summed E-state index contributed by atoms with van der Waals surface area (Å²) in [6.07, 6.45) is 2.61. The van der Waals surface area contributed by atoms with Gasteiger partial charge < -0.3 is 5.32 Å². The molecule has 1 atom stereocenters. The minimum absolute atomic E-state index is 0. The molecule has 2 nitrogen and oxygen atoms in total. The monoisotopic (exact) mass is 332 g/mol. The summed E-state index contributed by atoms with van der Waals surface area (Å²) in [6, 6.07) is 7.30. The van der Waals surface area contributed by atoms with Gasteiger partial charge in [0.1, 0.15) is 0 Å². The molecule has 1 fully saturated rings. The third kappa shape index (κ3) is 4.23. The second-order valence-electron chi connectivity index (χ2n) is 4.96. The van der Waals surface area contributed by atoms with E-state index in [2.05, 4.69) is 58.3 Å². The van der Waals surface area contributed by atoms with Crippen LogP contribution in [0.25, 0.3) is 0 Å². The molecule has 1 saturated heterocycles. The summed E-state index contributed by atoms with van der Waals surface area (Å²) in [7, 11) is 2.07. The standard InChI is InChI=1S/C14H21BrN2.ClH/c1-11-5-6-12(14(15)8-11)9-17-7-3-4-13(10-17)16-2;/h5-6,8,13,16H,3-4,7,9-10H2,1-2H3;1H. The van der Waals surface area contributed by atoms with Crippen LogP contribution in [0.3, 0.4) is 0 Å². The SMILES string of the molecule is CNC1CCCN(Cc2ccc(C)cc2Br)C1.Cl. The van der Waals surface area contributed by atoms with Crippen molar-refractivity contribution in [2.75, 3.05) is 20.1 Å². The predicted octanol–water partition coefficient (Wildman–Crippen LogP) is 3.36. The van der Waals surface area contributed by atoms with Crippen LogP contribution in [0, 0.1) is 6.92 Å². The lowest BCUT2D eigenvalue weighted by atomic mass is 10.0. The first-order valence-electron chi connectivity index (χ1n) is 6.33. The quantitative estimate of drug-likeness (QED) is 0.912. The Kier molecular flexibility index (Phi) is 6.64. The van der Waals surface area contributed by atoms with E-state index in [1.54, 1.807) is 0 Å². The fourth-order valence-corrected chi connectivity index (χ4v) is 3.07. The molecule has 0 bridgehead atoms. The number of hydrogen-bond donors (Lipinski definition) is 1. The molecule has 18 heavy (non-hydrogen) atoms. The molecule has 1 aromatic carbocycles. The molecular formula is C14H22BrClN2. The van der Waals surface area contributed by atoms with Crippen LogP contribution in [0.4, 0.5) is 0 Å². The molecule has 0 saturated carbocycles. The highest BCUT2D eigenvalue weighted by molar-refractivity contribution is 9.10. The van der Waals surface area contributed by atoms with Gasteiger partial charge in [-0.15, -0.1) is 12.4 Å². The lowest BCUT2D eigenvalue weighted by Gasteiger charge is -2.32. The number of rotatable bonds is 3. The van der Waals surface area contributed by atoms with Gasteiger partial charge in [0.2, 0.25) is 0 Å². The van der Waals surface area contributed by atoms with E-state index in [9.17, 15) is 0 Å². The molecule has 1 unspecified atom stereocenters. The van der Waals surface area contributed by atoms with Crippen molar-refractivity contribution in [1.29, 1.82) is 0 Å². The first-order valence-corrected chi connectivity index (χ1v) is 7.13. The van der Waals surface area contributed by atoms with Gasteiger partial charge in [-0.25, -0.2) is 0 Å². The average molecular weight is 334 g/mol. The Morgan fingerprint density at radius 3 is 2.89 bits per heavy atom. The number of piperidine rings is 1. The Balaban J connectivity index is 0.00000162. The third-order valence-electron chi connectivity index (χ3n) is 3.52. The van der Waals surface area contributed by atoms with Crippen LogP contribution in [0.2, 0.25) is 0 Å². The minimum atomic E-state index is 0. The number of halogens is 2. The maximum Gasteiger partial charge on any atom is 0.0245 e. The molecule has 0 aromatic heterocycles. The van der Waals surface area contributed by atoms with Gasteiger partial charge in [0, 0.05) is 23.6 Å². The maximum absolute atomic E-state index is 3.66. The van der Waals surface area contributed by atoms with Crippen LogP contribution in [0.15, 0.2) is 22.7 Å². The summed E-state index contributed by atoms with van der Waals surface area (Å²) >= 11 is 3.66. The van der Waals surface area contributed by atoms with Gasteiger partial charge in [-0.1, -0.05) is 28.1 Å². The normalized spacial score (nSPS) is 20.5. The lowest BCUT2D eigenvalue weighted by Crippen LogP contribution is -2.43. The summed E-state index contributed by atoms with van der Waals surface area (Å²) in [4.78, 5) is 2.54. The van der Waals surface area contributed by atoms with Crippen LogP contribution in [-0.4, -0.2) is 31.1 Å². The van der Waals surface area contributed by atoms with Crippen LogP contribution in [-0.2, 0) is 6.54 Å². The van der Waals surface area contributed by atoms with E-state index in [1.807, 2.05) is 0 Å². The second kappa shape index (κ2) is 7.49. The van der Waals surface area contributed by atoms with Crippen molar-refractivity contribution in [3.8, 4) is 0 Å². The number of aryl methyl sites for hydroxylation is 1. The molecule has 0 aliphatic carbocycles. The number of likely N-dealkylation sites (tertiary alicyclic amines) is 1. The molecular weight excluding hydrogens is 312 g/mol. The lowest BCUT2D eigenvalue weighted by molar-refractivity contribution is 0.187. The molecule has 1 N–H and O–H groups in total. The highest BCUT2D eigenvalue weighted by Gasteiger charge is 2.18. The van der Waals surface area contributed by atoms with Crippen molar-refractivity contribution >= 4 is 28.3 Å². The van der Waals surface area contributed by atoms with E-state index in [0.717, 1.165) is 13.1 Å². The van der Waals surface area contributed by atoms with Gasteiger partial charge in [0.25, 0.3) is 0 Å². The van der Waals surface area contributed by atoms with Gasteiger partial charge in [-0.3, -0.25) is 4.90 Å². The predicted molar refractivity (Wildman–Crippen MR) is 83.5 cm³/mol. The molecule has 102 valence electrons. The first-order chi connectivity index (χ1) is 8.19. The van der Waals surface area contributed by atoms with Crippen molar-refractivity contribution in [3.05, 3.63) is 33.8 Å². The van der Waals surface area contributed by atoms with Crippen LogP contribution < -0.4 is 5.32 Å². The maximum atomic E-state index is 3.66. The minimum Gasteiger partial charge on any atom is -0.316 e. The number of nitrogens with zero attached hydrogens (tertiary/aromatic N) is 1. The van der Waals surface area contributed by atoms with Gasteiger partial charge >= 0.3 is 0 Å². The molecule has 1 aliphatic rings. The van der Waals surface area contributed by atoms with E-state index >= 15 is 0 Å². The second-order valence-corrected chi connectivity index (χ2v) is 5.81. The Labute approximate surface area is 125 Å². The fourth-order valence-electron chi connectivity index (χ4n) is 2.46. The summed E-state index contributed by atoms with van der Waals surface area (Å²) in [5, 5.41) is 3.39. The van der Waals surface area contributed by atoms with Crippen LogP contribution in [0.1, 0.15) is 24.0 Å². The number of benzene rings is 1. The number of likely N-dealkylation sites (N-methyl/N-ethyl adjacent to an activating group) is 1. The Morgan fingerprint density at radius 2 is 2.22 bits per heavy atom. The fraction of sp³-hybridized carbons (Fsp3) is 0.571. The third-order valence-corrected chi connectivity index (χ3v) is 4.25. The molecule has 4 heteroatoms. The van der Waals surface area contributed by atoms with Gasteiger partial charge in [0.05, 0.1) is 0 Å². The first kappa shape index (κ1) is 16.0. The summed E-state index contributed by atoms with van der Waals surface area (Å²) in [5.41, 5.74) is 2.71. The van der Waals surface area contributed by atoms with Crippen molar-refractivity contribution in [2.24, 2.45) is 0 Å². The van der Waals surface area contributed by atoms with E-state index in [-0.39, 0.29) is 12.4 Å². The largest absolute Gasteiger partial charge is 0.316 e. The van der Waals surface area contributed by atoms with E-state index < -0.39 is 0 Å². The molecule has 0 spiro atoms. The number of hydrogen-bond acceptors (Lipinski definition) is 2. The van der Waals surface area contributed by atoms with Gasteiger partial charge in [-0.05, 0) is 50.6 Å². The van der Waals surface area contributed by atoms with Gasteiger partial charge in [0.15, 0.2) is 0 Å². The number of nitrogens with one attached hydrogen (secondary N) is 1. The Hall–Kier alpha value is -0.0900. The molecule has 1 aliphatic heterocycles. The van der Waals surface area contributed by atoms with Crippen molar-refractivity contribution in [2.45, 2.75) is 32.4 Å². The van der Waals surface area contributed by atoms with E-state index in [0.29, 0.717) is 6.04 Å². The zero-order chi connectivity index (χ0) is 12.3. The average Bonchev–Trinajstić information content (AvgIpc) is 2.33. The Morgan fingerprint density at radius 1 is 1.44 bits per heavy atom. The topological polar surface area (TPSA) is 15.3 Å². The molecule has 1 heterocycles. The zero-order valence-corrected chi connectivity index (χ0v) is 13.5. The highest BCUT2D eigenvalue weighted by atomic mass is 79.9. The van der Waals surface area contributed by atoms with E-state index in [1.165, 1.54) is 35.0 Å². The summed E-state index contributed by atoms with van der Waals surface area (Å²) < 4.78 is 1.24. The van der Waals surface area contributed by atoms with Crippen molar-refractivity contribution in [1.82, 2.24) is 10.2 Å². The highest BCUT2D eigenvalue weighted by Crippen LogP contribution is 2.21. The van der Waals surface area contributed by atoms with Crippen molar-refractivity contribution in [3.63, 3.8) is 0 Å². The smallest absolute Gasteiger partial charge is 0.0245 e. The van der Waals surface area contributed by atoms with Crippen LogP contribution in [0.5, 0.6) is 0 Å². The Bertz CT molecular complexity index is 384. The summed E-state index contributed by atoms with van der Waals surface area (Å²) in [6.45, 7) is 5.57.